The molecule has 1 fully saturated rings. The summed E-state index contributed by atoms with van der Waals surface area (Å²) in [7, 11) is 6.32. The van der Waals surface area contributed by atoms with E-state index in [4.69, 9.17) is 23.7 Å². The highest BCUT2D eigenvalue weighted by Crippen LogP contribution is 2.38. The number of benzene rings is 1. The number of hydrogen-bond acceptors (Lipinski definition) is 17. The van der Waals surface area contributed by atoms with Crippen LogP contribution in [0.1, 0.15) is 94.3 Å². The van der Waals surface area contributed by atoms with Crippen molar-refractivity contribution in [1.82, 2.24) is 44.4 Å². The molecule has 4 aromatic rings. The third kappa shape index (κ3) is 17.3. The molecular weight excluding hydrogens is 1110 g/mol. The minimum absolute atomic E-state index is 0.0103. The molecule has 0 unspecified atom stereocenters. The normalized spacial score (nSPS) is 14.6. The first-order chi connectivity index (χ1) is 40.7. The van der Waals surface area contributed by atoms with E-state index in [-0.39, 0.29) is 143 Å². The van der Waals surface area contributed by atoms with Crippen LogP contribution in [-0.4, -0.2) is 179 Å². The number of aryl methyl sites for hydroxylation is 3. The molecule has 0 bridgehead atoms. The average molecular weight is 1180 g/mol. The standard InChI is InChI=1S/C57H71N13O15/c1-34(2)51(65-48(73)14-20-82-22-23-83-21-16-58-46(71)13-17-69-49(74)11-12-50(69)75)57(80)85-19-9-15-59-53(76)41-25-36(31-66(41)4)61-54(77)42-26-37(32-67(42)5)62-55(78)52-64-45(33-68(52)6)63-47(72)10-8-18-84-44-28-40-39(27-43(44)81-7)56(79)70-30-35(3)24-38(70)29-60-40/h11-12,25-29,31-34,38,51H,3,8-10,13-24,30H2,1-2,4-7H3,(H,58,71)(H,59,76)(H,61,77)(H,62,78)(H,63,72)(H,65,73)/t38-,51+/m0/s1. The summed E-state index contributed by atoms with van der Waals surface area (Å²) in [6.07, 6.45) is 9.91. The molecule has 0 saturated carbocycles. The van der Waals surface area contributed by atoms with Crippen LogP contribution in [0.15, 0.2) is 72.2 Å². The van der Waals surface area contributed by atoms with Gasteiger partial charge in [0.2, 0.25) is 23.5 Å². The Morgan fingerprint density at radius 3 is 2.07 bits per heavy atom. The topological polar surface area (TPSA) is 336 Å². The quantitative estimate of drug-likeness (QED) is 0.0183. The number of nitrogens with one attached hydrogen (secondary N) is 6. The number of methoxy groups -OCH3 is 1. The zero-order chi connectivity index (χ0) is 61.3. The van der Waals surface area contributed by atoms with Gasteiger partial charge in [0.1, 0.15) is 17.4 Å². The van der Waals surface area contributed by atoms with Crippen LogP contribution in [0.5, 0.6) is 11.5 Å². The van der Waals surface area contributed by atoms with Crippen LogP contribution in [0.25, 0.3) is 0 Å². The van der Waals surface area contributed by atoms with E-state index in [0.29, 0.717) is 47.8 Å². The van der Waals surface area contributed by atoms with Crippen molar-refractivity contribution in [3.05, 3.63) is 89.9 Å². The van der Waals surface area contributed by atoms with E-state index in [1.807, 2.05) is 0 Å². The molecule has 7 rings (SSSR count). The summed E-state index contributed by atoms with van der Waals surface area (Å²) in [5.41, 5.74) is 2.85. The highest BCUT2D eigenvalue weighted by molar-refractivity contribution is 6.13. The highest BCUT2D eigenvalue weighted by atomic mass is 16.5. The fourth-order valence-corrected chi connectivity index (χ4v) is 9.14. The number of rotatable bonds is 31. The van der Waals surface area contributed by atoms with Crippen molar-refractivity contribution in [3.8, 4) is 11.5 Å². The molecule has 3 aliphatic heterocycles. The van der Waals surface area contributed by atoms with Crippen molar-refractivity contribution in [2.45, 2.75) is 64.5 Å². The van der Waals surface area contributed by atoms with Crippen LogP contribution < -0.4 is 41.4 Å². The van der Waals surface area contributed by atoms with E-state index >= 15 is 0 Å². The predicted molar refractivity (Wildman–Crippen MR) is 307 cm³/mol. The summed E-state index contributed by atoms with van der Waals surface area (Å²) >= 11 is 0. The molecule has 3 aliphatic rings. The third-order valence-electron chi connectivity index (χ3n) is 13.6. The third-order valence-corrected chi connectivity index (χ3v) is 13.6. The molecule has 6 heterocycles. The number of aliphatic imine (C=N–C) groups is 1. The SMILES string of the molecule is C=C1C[C@H]2C=Nc3cc(OCCCC(=O)Nc4cn(C)c(C(=O)Nc5cc(C(=O)Nc6cc(C(=O)NCCCOC(=O)[C@H](NC(=O)CCOCCOCCNC(=O)CCN7C(=O)C=CC7=O)C(C)C)n(C)c6)n(C)c5)n4)c(OC)cc3C(=O)N2C1. The monoisotopic (exact) mass is 1180 g/mol. The molecule has 1 aromatic carbocycles. The van der Waals surface area contributed by atoms with Crippen LogP contribution >= 0.6 is 0 Å². The van der Waals surface area contributed by atoms with Gasteiger partial charge in [-0.05, 0) is 43.4 Å². The minimum atomic E-state index is -0.919. The summed E-state index contributed by atoms with van der Waals surface area (Å²) in [5, 5.41) is 16.3. The Morgan fingerprint density at radius 1 is 0.694 bits per heavy atom. The maximum absolute atomic E-state index is 13.4. The molecule has 0 spiro atoms. The molecule has 0 radical (unpaired) electrons. The van der Waals surface area contributed by atoms with E-state index in [9.17, 15) is 47.9 Å². The molecule has 6 N–H and O–H groups in total. The van der Waals surface area contributed by atoms with E-state index in [2.05, 4.69) is 48.5 Å². The lowest BCUT2D eigenvalue weighted by molar-refractivity contribution is -0.149. The maximum atomic E-state index is 13.4. The summed E-state index contributed by atoms with van der Waals surface area (Å²) in [4.78, 5) is 138. The van der Waals surface area contributed by atoms with Crippen LogP contribution in [0.2, 0.25) is 0 Å². The fourth-order valence-electron chi connectivity index (χ4n) is 9.14. The molecule has 1 saturated heterocycles. The second-order valence-electron chi connectivity index (χ2n) is 20.5. The highest BCUT2D eigenvalue weighted by Gasteiger charge is 2.35. The number of hydrogen-bond donors (Lipinski definition) is 6. The van der Waals surface area contributed by atoms with Crippen LogP contribution in [0, 0.1) is 5.92 Å². The lowest BCUT2D eigenvalue weighted by Crippen LogP contribution is -2.45. The lowest BCUT2D eigenvalue weighted by Gasteiger charge is -2.21. The Hall–Kier alpha value is -9.44. The van der Waals surface area contributed by atoms with Gasteiger partial charge in [0.05, 0.1) is 75.4 Å². The van der Waals surface area contributed by atoms with Crippen molar-refractivity contribution >= 4 is 88.2 Å². The van der Waals surface area contributed by atoms with E-state index in [1.54, 1.807) is 70.6 Å². The van der Waals surface area contributed by atoms with Gasteiger partial charge in [0.25, 0.3) is 35.4 Å². The number of imidazole rings is 1. The number of aromatic nitrogens is 4. The second kappa shape index (κ2) is 29.7. The number of carbonyl (C=O) groups is 10. The van der Waals surface area contributed by atoms with Gasteiger partial charge in [0, 0.05) is 110 Å². The Kier molecular flexibility index (Phi) is 22.1. The first kappa shape index (κ1) is 63.1. The Labute approximate surface area is 489 Å². The lowest BCUT2D eigenvalue weighted by atomic mass is 10.0. The van der Waals surface area contributed by atoms with E-state index in [1.165, 1.54) is 39.1 Å². The molecule has 85 heavy (non-hydrogen) atoms. The largest absolute Gasteiger partial charge is 0.493 e. The fraction of sp³-hybridized carbons (Fsp3) is 0.439. The molecule has 28 nitrogen and oxygen atoms in total. The van der Waals surface area contributed by atoms with Gasteiger partial charge in [-0.25, -0.2) is 9.78 Å². The Bertz CT molecular complexity index is 3250. The first-order valence-electron chi connectivity index (χ1n) is 27.5. The summed E-state index contributed by atoms with van der Waals surface area (Å²) in [5.74, 6) is -3.81. The molecule has 28 heteroatoms. The Morgan fingerprint density at radius 2 is 1.38 bits per heavy atom. The van der Waals surface area contributed by atoms with E-state index in [0.717, 1.165) is 22.6 Å². The molecular formula is C57H71N13O15. The number of nitrogens with zero attached hydrogens (tertiary/aromatic N) is 7. The number of fused-ring (bicyclic) bond motifs is 2. The second-order valence-corrected chi connectivity index (χ2v) is 20.5. The number of esters is 1. The van der Waals surface area contributed by atoms with Crippen molar-refractivity contribution in [3.63, 3.8) is 0 Å². The van der Waals surface area contributed by atoms with Gasteiger partial charge in [-0.15, -0.1) is 0 Å². The summed E-state index contributed by atoms with van der Waals surface area (Å²) in [6, 6.07) is 5.15. The van der Waals surface area contributed by atoms with Crippen molar-refractivity contribution in [2.24, 2.45) is 32.1 Å². The van der Waals surface area contributed by atoms with Crippen molar-refractivity contribution in [2.75, 3.05) is 88.9 Å². The zero-order valence-corrected chi connectivity index (χ0v) is 48.3. The Balaban J connectivity index is 0.757. The van der Waals surface area contributed by atoms with E-state index < -0.39 is 47.5 Å². The van der Waals surface area contributed by atoms with Crippen LogP contribution in [0.4, 0.5) is 22.9 Å². The number of imide groups is 1. The first-order valence-corrected chi connectivity index (χ1v) is 27.5. The smallest absolute Gasteiger partial charge is 0.328 e. The molecule has 3 aromatic heterocycles. The van der Waals surface area contributed by atoms with Gasteiger partial charge < -0.3 is 74.2 Å². The number of carbonyl (C=O) groups excluding carboxylic acids is 10. The zero-order valence-electron chi connectivity index (χ0n) is 48.3. The predicted octanol–water partition coefficient (Wildman–Crippen LogP) is 2.55. The number of ether oxygens (including phenoxy) is 5. The number of anilines is 3. The molecule has 9 amide bonds. The van der Waals surface area contributed by atoms with Gasteiger partial charge in [-0.2, -0.15) is 0 Å². The minimum Gasteiger partial charge on any atom is -0.493 e. The van der Waals surface area contributed by atoms with Gasteiger partial charge in [-0.3, -0.25) is 53.0 Å². The van der Waals surface area contributed by atoms with Gasteiger partial charge in [-0.1, -0.05) is 26.0 Å². The molecule has 2 atom stereocenters. The number of amides is 9. The van der Waals surface area contributed by atoms with Crippen molar-refractivity contribution < 1.29 is 71.6 Å². The molecule has 454 valence electrons. The van der Waals surface area contributed by atoms with Crippen LogP contribution in [-0.2, 0) is 64.1 Å². The average Bonchev–Trinajstić information content (AvgIpc) is 3.41. The van der Waals surface area contributed by atoms with Gasteiger partial charge >= 0.3 is 5.97 Å². The van der Waals surface area contributed by atoms with Gasteiger partial charge in [0.15, 0.2) is 17.3 Å². The van der Waals surface area contributed by atoms with Crippen molar-refractivity contribution in [1.29, 1.82) is 0 Å². The van der Waals surface area contributed by atoms with Crippen LogP contribution in [0.3, 0.4) is 0 Å². The molecule has 0 aliphatic carbocycles. The summed E-state index contributed by atoms with van der Waals surface area (Å²) < 4.78 is 32.3. The summed E-state index contributed by atoms with van der Waals surface area (Å²) in [6.45, 7) is 9.13. The maximum Gasteiger partial charge on any atom is 0.328 e.